The van der Waals surface area contributed by atoms with Gasteiger partial charge in [-0.05, 0) is 0 Å². The summed E-state index contributed by atoms with van der Waals surface area (Å²) in [5.74, 6) is -0.164. The maximum atomic E-state index is 12.8. The van der Waals surface area contributed by atoms with E-state index in [4.69, 9.17) is 4.74 Å². The van der Waals surface area contributed by atoms with Crippen molar-refractivity contribution in [3.8, 4) is 0 Å². The van der Waals surface area contributed by atoms with Crippen molar-refractivity contribution in [3.05, 3.63) is 29.8 Å². The minimum atomic E-state index is -2.73. The topological polar surface area (TPSA) is 42.1 Å². The fourth-order valence-electron chi connectivity index (χ4n) is 4.15. The van der Waals surface area contributed by atoms with Gasteiger partial charge in [0.25, 0.3) is 0 Å². The second kappa shape index (κ2) is 10.4. The van der Waals surface area contributed by atoms with Gasteiger partial charge >= 0.3 is 163 Å². The van der Waals surface area contributed by atoms with Crippen molar-refractivity contribution >= 4 is 39.0 Å². The third-order valence-electron chi connectivity index (χ3n) is 5.65. The summed E-state index contributed by atoms with van der Waals surface area (Å²) in [6, 6.07) is 8.23. The van der Waals surface area contributed by atoms with Gasteiger partial charge in [-0.25, -0.2) is 0 Å². The first-order valence-electron chi connectivity index (χ1n) is 10.3. The van der Waals surface area contributed by atoms with Gasteiger partial charge in [-0.15, -0.1) is 0 Å². The third-order valence-corrected chi connectivity index (χ3v) is 21.0. The van der Waals surface area contributed by atoms with E-state index in [1.54, 1.807) is 0 Å². The molecule has 0 amide bonds. The molecule has 0 saturated heterocycles. The molecule has 3 nitrogen and oxygen atoms in total. The van der Waals surface area contributed by atoms with Crippen molar-refractivity contribution in [2.45, 2.75) is 72.6 Å². The number of ether oxygens (including phenoxy) is 1. The quantitative estimate of drug-likeness (QED) is 0.327. The number of methoxy groups -OCH3 is 1. The fraction of sp³-hybridized carbons (Fsp3) is 0.591. The Morgan fingerprint density at radius 3 is 2.00 bits per heavy atom. The van der Waals surface area contributed by atoms with Crippen molar-refractivity contribution in [1.29, 1.82) is 0 Å². The number of unbranched alkanes of at least 4 members (excludes halogenated alkanes) is 3. The van der Waals surface area contributed by atoms with Crippen LogP contribution in [0.15, 0.2) is 24.3 Å². The summed E-state index contributed by atoms with van der Waals surface area (Å²) >= 11 is -2.73. The van der Waals surface area contributed by atoms with Gasteiger partial charge in [-0.3, -0.25) is 0 Å². The Bertz CT molecular complexity index is 685. The summed E-state index contributed by atoms with van der Waals surface area (Å²) < 4.78 is 10.6. The Kier molecular flexibility index (Phi) is 8.52. The average Bonchev–Trinajstić information content (AvgIpc) is 3.07. The fourth-order valence-corrected chi connectivity index (χ4v) is 20.6. The van der Waals surface area contributed by atoms with Crippen LogP contribution in [0.25, 0.3) is 10.9 Å². The molecule has 0 unspecified atom stereocenters. The van der Waals surface area contributed by atoms with E-state index in [-0.39, 0.29) is 5.97 Å². The van der Waals surface area contributed by atoms with E-state index in [0.717, 1.165) is 16.5 Å². The second-order valence-corrected chi connectivity index (χ2v) is 20.5. The molecular weight excluding hydrogens is 429 g/mol. The number of carbonyl (C=O) groups is 1. The number of fused-ring (bicyclic) bond motifs is 1. The van der Waals surface area contributed by atoms with Gasteiger partial charge in [0.05, 0.1) is 0 Å². The van der Waals surface area contributed by atoms with Crippen molar-refractivity contribution in [2.75, 3.05) is 7.11 Å². The zero-order valence-electron chi connectivity index (χ0n) is 17.0. The SMILES string of the molecule is CCC[CH2][Sn]([CH2]CCC)([CH2]CCC)[c]1[nH]c2ccccc2c1C(=O)OC. The number of rotatable bonds is 11. The number of nitrogens with one attached hydrogen (secondary N) is 1. The molecule has 0 atom stereocenters. The monoisotopic (exact) mass is 465 g/mol. The van der Waals surface area contributed by atoms with Crippen molar-refractivity contribution < 1.29 is 9.53 Å². The molecule has 0 aliphatic heterocycles. The molecule has 0 bridgehead atoms. The second-order valence-electron chi connectivity index (χ2n) is 7.50. The summed E-state index contributed by atoms with van der Waals surface area (Å²) in [6.45, 7) is 6.84. The number of H-pyrrole nitrogens is 1. The molecule has 2 rings (SSSR count). The molecule has 4 heteroatoms. The van der Waals surface area contributed by atoms with Crippen LogP contribution in [0.4, 0.5) is 0 Å². The van der Waals surface area contributed by atoms with Gasteiger partial charge < -0.3 is 0 Å². The third kappa shape index (κ3) is 4.65. The van der Waals surface area contributed by atoms with E-state index >= 15 is 0 Å². The number of aromatic amines is 1. The summed E-state index contributed by atoms with van der Waals surface area (Å²) in [7, 11) is 1.51. The number of aromatic nitrogens is 1. The normalized spacial score (nSPS) is 11.8. The molecule has 0 saturated carbocycles. The Morgan fingerprint density at radius 2 is 1.50 bits per heavy atom. The van der Waals surface area contributed by atoms with Gasteiger partial charge in [-0.1, -0.05) is 0 Å². The predicted molar refractivity (Wildman–Crippen MR) is 114 cm³/mol. The van der Waals surface area contributed by atoms with Crippen LogP contribution < -0.4 is 3.71 Å². The van der Waals surface area contributed by atoms with Crippen LogP contribution in [-0.4, -0.2) is 36.4 Å². The first kappa shape index (κ1) is 21.3. The maximum absolute atomic E-state index is 12.8. The molecule has 1 aromatic carbocycles. The molecule has 0 fully saturated rings. The molecular formula is C22H35NO2Sn. The van der Waals surface area contributed by atoms with E-state index in [1.807, 2.05) is 12.1 Å². The van der Waals surface area contributed by atoms with Crippen LogP contribution in [0.5, 0.6) is 0 Å². The summed E-state index contributed by atoms with van der Waals surface area (Å²) in [5, 5.41) is 1.04. The molecule has 144 valence electrons. The standard InChI is InChI=1S/C10H8NO2.3C4H9.Sn/c1-13-10(12)8-6-11-9-5-3-2-4-7(8)9;3*1-3-4-2;/h2-5,11H,1H3;3*1,3-4H2,2H3;. The Labute approximate surface area is 162 Å². The molecule has 1 N–H and O–H groups in total. The zero-order chi connectivity index (χ0) is 19.0. The molecule has 0 spiro atoms. The summed E-state index contributed by atoms with van der Waals surface area (Å²) in [4.78, 5) is 16.5. The molecule has 1 aromatic heterocycles. The summed E-state index contributed by atoms with van der Waals surface area (Å²) in [6.07, 6.45) is 7.51. The van der Waals surface area contributed by atoms with Crippen molar-refractivity contribution in [1.82, 2.24) is 4.98 Å². The van der Waals surface area contributed by atoms with Gasteiger partial charge in [-0.2, -0.15) is 0 Å². The Balaban J connectivity index is 2.65. The number of hydrogen-bond acceptors (Lipinski definition) is 2. The average molecular weight is 464 g/mol. The van der Waals surface area contributed by atoms with Gasteiger partial charge in [0.15, 0.2) is 0 Å². The van der Waals surface area contributed by atoms with Gasteiger partial charge in [0.2, 0.25) is 0 Å². The minimum absolute atomic E-state index is 0.164. The van der Waals surface area contributed by atoms with Crippen LogP contribution >= 0.6 is 0 Å². The molecule has 2 aromatic rings. The van der Waals surface area contributed by atoms with Gasteiger partial charge in [0, 0.05) is 0 Å². The van der Waals surface area contributed by atoms with Crippen LogP contribution in [0, 0.1) is 0 Å². The Hall–Kier alpha value is -0.971. The predicted octanol–water partition coefficient (Wildman–Crippen LogP) is 6.01. The molecule has 0 radical (unpaired) electrons. The Morgan fingerprint density at radius 1 is 0.962 bits per heavy atom. The van der Waals surface area contributed by atoms with Crippen LogP contribution in [-0.2, 0) is 4.74 Å². The first-order valence-corrected chi connectivity index (χ1v) is 17.8. The van der Waals surface area contributed by atoms with E-state index in [1.165, 1.54) is 62.7 Å². The number of carbonyl (C=O) groups excluding carboxylic acids is 1. The number of benzene rings is 1. The molecule has 1 heterocycles. The van der Waals surface area contributed by atoms with Crippen molar-refractivity contribution in [3.63, 3.8) is 0 Å². The number of para-hydroxylation sites is 1. The van der Waals surface area contributed by atoms with Crippen LogP contribution in [0.1, 0.15) is 69.7 Å². The summed E-state index contributed by atoms with van der Waals surface area (Å²) in [5.41, 5.74) is 1.94. The number of esters is 1. The van der Waals surface area contributed by atoms with Crippen LogP contribution in [0.3, 0.4) is 0 Å². The van der Waals surface area contributed by atoms with E-state index < -0.39 is 18.4 Å². The van der Waals surface area contributed by atoms with E-state index in [9.17, 15) is 4.79 Å². The molecule has 0 aliphatic carbocycles. The van der Waals surface area contributed by atoms with E-state index in [2.05, 4.69) is 37.9 Å². The zero-order valence-corrected chi connectivity index (χ0v) is 19.8. The first-order chi connectivity index (χ1) is 12.6. The van der Waals surface area contributed by atoms with Crippen LogP contribution in [0.2, 0.25) is 13.3 Å². The molecule has 26 heavy (non-hydrogen) atoms. The molecule has 0 aliphatic rings. The van der Waals surface area contributed by atoms with Gasteiger partial charge in [0.1, 0.15) is 0 Å². The van der Waals surface area contributed by atoms with Crippen molar-refractivity contribution in [2.24, 2.45) is 0 Å². The van der Waals surface area contributed by atoms with E-state index in [0.29, 0.717) is 0 Å². The number of hydrogen-bond donors (Lipinski definition) is 1.